The minimum absolute atomic E-state index is 0.230. The van der Waals surface area contributed by atoms with Gasteiger partial charge in [-0.25, -0.2) is 9.78 Å². The molecular formula is C12H10N4O2. The molecule has 0 amide bonds. The fourth-order valence-corrected chi connectivity index (χ4v) is 1.86. The van der Waals surface area contributed by atoms with Crippen molar-refractivity contribution in [3.63, 3.8) is 0 Å². The summed E-state index contributed by atoms with van der Waals surface area (Å²) in [5.41, 5.74) is 1.70. The maximum atomic E-state index is 10.9. The second-order valence-corrected chi connectivity index (χ2v) is 3.97. The number of imidazole rings is 1. The first-order valence-corrected chi connectivity index (χ1v) is 5.35. The molecule has 2 heterocycles. The second-order valence-electron chi connectivity index (χ2n) is 3.97. The number of hydrogen-bond acceptors (Lipinski definition) is 3. The molecule has 3 rings (SSSR count). The SMILES string of the molecule is Cn1ccc(-n2cnc3cc(C(=O)O)ccc32)n1. The van der Waals surface area contributed by atoms with Crippen molar-refractivity contribution in [2.24, 2.45) is 7.05 Å². The first-order valence-electron chi connectivity index (χ1n) is 5.35. The maximum absolute atomic E-state index is 10.9. The Bertz CT molecular complexity index is 741. The zero-order valence-corrected chi connectivity index (χ0v) is 9.61. The van der Waals surface area contributed by atoms with Gasteiger partial charge in [0.05, 0.1) is 16.6 Å². The van der Waals surface area contributed by atoms with Crippen LogP contribution in [0.25, 0.3) is 16.9 Å². The second kappa shape index (κ2) is 3.69. The lowest BCUT2D eigenvalue weighted by Gasteiger charge is -1.99. The molecular weight excluding hydrogens is 232 g/mol. The normalized spacial score (nSPS) is 10.9. The molecule has 0 atom stereocenters. The summed E-state index contributed by atoms with van der Waals surface area (Å²) < 4.78 is 3.52. The quantitative estimate of drug-likeness (QED) is 0.738. The van der Waals surface area contributed by atoms with E-state index in [9.17, 15) is 4.79 Å². The van der Waals surface area contributed by atoms with E-state index in [4.69, 9.17) is 5.11 Å². The molecule has 0 saturated carbocycles. The number of rotatable bonds is 2. The molecule has 1 N–H and O–H groups in total. The van der Waals surface area contributed by atoms with E-state index in [1.807, 2.05) is 23.9 Å². The van der Waals surface area contributed by atoms with Crippen molar-refractivity contribution in [1.29, 1.82) is 0 Å². The summed E-state index contributed by atoms with van der Waals surface area (Å²) in [7, 11) is 1.84. The Morgan fingerprint density at radius 2 is 2.17 bits per heavy atom. The number of benzene rings is 1. The van der Waals surface area contributed by atoms with Gasteiger partial charge < -0.3 is 5.11 Å². The van der Waals surface area contributed by atoms with E-state index < -0.39 is 5.97 Å². The number of aryl methyl sites for hydroxylation is 1. The molecule has 0 unspecified atom stereocenters. The maximum Gasteiger partial charge on any atom is 0.335 e. The minimum atomic E-state index is -0.954. The molecule has 6 nitrogen and oxygen atoms in total. The van der Waals surface area contributed by atoms with Gasteiger partial charge in [0, 0.05) is 19.3 Å². The highest BCUT2D eigenvalue weighted by molar-refractivity contribution is 5.92. The van der Waals surface area contributed by atoms with Gasteiger partial charge in [0.15, 0.2) is 5.82 Å². The molecule has 0 aliphatic carbocycles. The molecule has 0 fully saturated rings. The van der Waals surface area contributed by atoms with E-state index in [0.717, 1.165) is 11.3 Å². The zero-order chi connectivity index (χ0) is 12.7. The molecule has 90 valence electrons. The average Bonchev–Trinajstić information content (AvgIpc) is 2.93. The molecule has 0 aliphatic rings. The number of aromatic carboxylic acids is 1. The monoisotopic (exact) mass is 242 g/mol. The van der Waals surface area contributed by atoms with Gasteiger partial charge in [-0.15, -0.1) is 0 Å². The summed E-state index contributed by atoms with van der Waals surface area (Å²) in [6.45, 7) is 0. The van der Waals surface area contributed by atoms with Crippen LogP contribution in [-0.2, 0) is 7.05 Å². The van der Waals surface area contributed by atoms with Crippen LogP contribution in [0.1, 0.15) is 10.4 Å². The summed E-state index contributed by atoms with van der Waals surface area (Å²) in [4.78, 5) is 15.1. The van der Waals surface area contributed by atoms with E-state index in [2.05, 4.69) is 10.1 Å². The van der Waals surface area contributed by atoms with Crippen LogP contribution in [0.5, 0.6) is 0 Å². The van der Waals surface area contributed by atoms with E-state index in [-0.39, 0.29) is 5.56 Å². The van der Waals surface area contributed by atoms with Crippen molar-refractivity contribution in [3.05, 3.63) is 42.4 Å². The van der Waals surface area contributed by atoms with Crippen LogP contribution in [0.15, 0.2) is 36.8 Å². The highest BCUT2D eigenvalue weighted by atomic mass is 16.4. The number of nitrogens with zero attached hydrogens (tertiary/aromatic N) is 4. The molecule has 3 aromatic rings. The Kier molecular flexibility index (Phi) is 2.16. The lowest BCUT2D eigenvalue weighted by atomic mass is 10.2. The molecule has 0 radical (unpaired) electrons. The van der Waals surface area contributed by atoms with E-state index in [0.29, 0.717) is 5.52 Å². The van der Waals surface area contributed by atoms with Gasteiger partial charge in [0.1, 0.15) is 6.33 Å². The molecule has 1 aromatic carbocycles. The van der Waals surface area contributed by atoms with E-state index in [1.54, 1.807) is 29.2 Å². The minimum Gasteiger partial charge on any atom is -0.478 e. The van der Waals surface area contributed by atoms with Gasteiger partial charge in [0.25, 0.3) is 0 Å². The average molecular weight is 242 g/mol. The predicted octanol–water partition coefficient (Wildman–Crippen LogP) is 1.46. The number of fused-ring (bicyclic) bond motifs is 1. The first-order chi connectivity index (χ1) is 8.65. The molecule has 0 saturated heterocycles. The van der Waals surface area contributed by atoms with Crippen LogP contribution >= 0.6 is 0 Å². The van der Waals surface area contributed by atoms with Crippen molar-refractivity contribution in [1.82, 2.24) is 19.3 Å². The van der Waals surface area contributed by atoms with Crippen LogP contribution in [0.3, 0.4) is 0 Å². The van der Waals surface area contributed by atoms with Gasteiger partial charge in [-0.05, 0) is 18.2 Å². The van der Waals surface area contributed by atoms with Crippen molar-refractivity contribution in [2.75, 3.05) is 0 Å². The molecule has 0 aliphatic heterocycles. The van der Waals surface area contributed by atoms with Crippen LogP contribution in [0.2, 0.25) is 0 Å². The van der Waals surface area contributed by atoms with Gasteiger partial charge in [0.2, 0.25) is 0 Å². The Morgan fingerprint density at radius 3 is 2.83 bits per heavy atom. The number of hydrogen-bond donors (Lipinski definition) is 1. The number of carboxylic acids is 1. The van der Waals surface area contributed by atoms with Crippen LogP contribution in [0, 0.1) is 0 Å². The highest BCUT2D eigenvalue weighted by Gasteiger charge is 2.09. The first kappa shape index (κ1) is 10.5. The Labute approximate surface area is 102 Å². The van der Waals surface area contributed by atoms with Crippen LogP contribution in [0.4, 0.5) is 0 Å². The molecule has 0 bridgehead atoms. The van der Waals surface area contributed by atoms with Crippen LogP contribution < -0.4 is 0 Å². The lowest BCUT2D eigenvalue weighted by Crippen LogP contribution is -1.97. The molecule has 2 aromatic heterocycles. The molecule has 0 spiro atoms. The molecule has 18 heavy (non-hydrogen) atoms. The van der Waals surface area contributed by atoms with Crippen molar-refractivity contribution >= 4 is 17.0 Å². The van der Waals surface area contributed by atoms with Gasteiger partial charge >= 0.3 is 5.97 Å². The van der Waals surface area contributed by atoms with E-state index in [1.165, 1.54) is 0 Å². The summed E-state index contributed by atoms with van der Waals surface area (Å²) in [6.07, 6.45) is 3.48. The number of carboxylic acid groups (broad SMARTS) is 1. The summed E-state index contributed by atoms with van der Waals surface area (Å²) in [5, 5.41) is 13.2. The Hall–Kier alpha value is -2.63. The van der Waals surface area contributed by atoms with Crippen LogP contribution in [-0.4, -0.2) is 30.4 Å². The summed E-state index contributed by atoms with van der Waals surface area (Å²) in [5.74, 6) is -0.202. The topological polar surface area (TPSA) is 72.9 Å². The zero-order valence-electron chi connectivity index (χ0n) is 9.61. The Balaban J connectivity index is 2.18. The summed E-state index contributed by atoms with van der Waals surface area (Å²) in [6, 6.07) is 6.72. The third kappa shape index (κ3) is 1.55. The summed E-state index contributed by atoms with van der Waals surface area (Å²) >= 11 is 0. The third-order valence-electron chi connectivity index (χ3n) is 2.74. The largest absolute Gasteiger partial charge is 0.478 e. The van der Waals surface area contributed by atoms with Crippen molar-refractivity contribution < 1.29 is 9.90 Å². The van der Waals surface area contributed by atoms with E-state index >= 15 is 0 Å². The number of aromatic nitrogens is 4. The Morgan fingerprint density at radius 1 is 1.33 bits per heavy atom. The highest BCUT2D eigenvalue weighted by Crippen LogP contribution is 2.18. The van der Waals surface area contributed by atoms with Crippen molar-refractivity contribution in [2.45, 2.75) is 0 Å². The third-order valence-corrected chi connectivity index (χ3v) is 2.74. The van der Waals surface area contributed by atoms with Crippen molar-refractivity contribution in [3.8, 4) is 5.82 Å². The smallest absolute Gasteiger partial charge is 0.335 e. The van der Waals surface area contributed by atoms with Gasteiger partial charge in [-0.3, -0.25) is 9.25 Å². The molecule has 6 heteroatoms. The van der Waals surface area contributed by atoms with Gasteiger partial charge in [-0.1, -0.05) is 0 Å². The fraction of sp³-hybridized carbons (Fsp3) is 0.0833. The number of carbonyl (C=O) groups is 1. The predicted molar refractivity (Wildman–Crippen MR) is 64.8 cm³/mol. The standard InChI is InChI=1S/C12H10N4O2/c1-15-5-4-11(14-15)16-7-13-9-6-8(12(17)18)2-3-10(9)16/h2-7H,1H3,(H,17,18). The lowest BCUT2D eigenvalue weighted by molar-refractivity contribution is 0.0697. The fourth-order valence-electron chi connectivity index (χ4n) is 1.86. The van der Waals surface area contributed by atoms with Gasteiger partial charge in [-0.2, -0.15) is 5.10 Å².